The van der Waals surface area contributed by atoms with Crippen LogP contribution in [0.5, 0.6) is 11.5 Å². The van der Waals surface area contributed by atoms with Gasteiger partial charge in [-0.3, -0.25) is 0 Å². The average Bonchev–Trinajstić information content (AvgIpc) is 2.47. The molecule has 0 spiro atoms. The molecule has 1 N–H and O–H groups in total. The van der Waals surface area contributed by atoms with Crippen LogP contribution in [0.25, 0.3) is 0 Å². The van der Waals surface area contributed by atoms with E-state index in [1.54, 1.807) is 39.3 Å². The summed E-state index contributed by atoms with van der Waals surface area (Å²) in [6.45, 7) is 6.99. The van der Waals surface area contributed by atoms with Crippen LogP contribution in [-0.2, 0) is 9.53 Å². The molecule has 118 valence electrons. The minimum absolute atomic E-state index is 0.315. The number of carbonyl (C=O) groups is 1. The Morgan fingerprint density at radius 2 is 1.95 bits per heavy atom. The van der Waals surface area contributed by atoms with Crippen molar-refractivity contribution < 1.29 is 19.0 Å². The molecule has 0 aliphatic rings. The first-order chi connectivity index (χ1) is 10.0. The maximum absolute atomic E-state index is 12.2. The molecular formula is C16H25NO4. The standard InChI is InChI=1S/C16H25NO4/c1-6-21-16(18)15(17-10-11(2)3)13-9-12(19-4)7-8-14(13)20-5/h7-9,11,15,17H,6,10H2,1-5H3. The Morgan fingerprint density at radius 3 is 2.48 bits per heavy atom. The lowest BCUT2D eigenvalue weighted by Crippen LogP contribution is -2.33. The molecule has 1 unspecified atom stereocenters. The van der Waals surface area contributed by atoms with Gasteiger partial charge in [-0.05, 0) is 37.6 Å². The highest BCUT2D eigenvalue weighted by atomic mass is 16.5. The van der Waals surface area contributed by atoms with Gasteiger partial charge in [-0.2, -0.15) is 0 Å². The van der Waals surface area contributed by atoms with Gasteiger partial charge in [0.15, 0.2) is 0 Å². The van der Waals surface area contributed by atoms with Crippen molar-refractivity contribution in [2.45, 2.75) is 26.8 Å². The lowest BCUT2D eigenvalue weighted by molar-refractivity contribution is -0.145. The predicted octanol–water partition coefficient (Wildman–Crippen LogP) is 2.55. The highest BCUT2D eigenvalue weighted by molar-refractivity contribution is 5.79. The van der Waals surface area contributed by atoms with Crippen molar-refractivity contribution in [3.05, 3.63) is 23.8 Å². The molecule has 1 aromatic rings. The van der Waals surface area contributed by atoms with Crippen molar-refractivity contribution in [3.63, 3.8) is 0 Å². The number of hydrogen-bond donors (Lipinski definition) is 1. The summed E-state index contributed by atoms with van der Waals surface area (Å²) in [6, 6.07) is 4.82. The van der Waals surface area contributed by atoms with Gasteiger partial charge in [-0.1, -0.05) is 13.8 Å². The Labute approximate surface area is 126 Å². The van der Waals surface area contributed by atoms with E-state index in [0.29, 0.717) is 30.6 Å². The summed E-state index contributed by atoms with van der Waals surface area (Å²) in [6.07, 6.45) is 0. The monoisotopic (exact) mass is 295 g/mol. The van der Waals surface area contributed by atoms with Gasteiger partial charge in [0.05, 0.1) is 20.8 Å². The second kappa shape index (κ2) is 8.52. The smallest absolute Gasteiger partial charge is 0.327 e. The molecule has 0 aromatic heterocycles. The second-order valence-electron chi connectivity index (χ2n) is 5.10. The van der Waals surface area contributed by atoms with E-state index in [0.717, 1.165) is 5.56 Å². The van der Waals surface area contributed by atoms with Crippen molar-refractivity contribution in [1.29, 1.82) is 0 Å². The minimum atomic E-state index is -0.572. The van der Waals surface area contributed by atoms with E-state index in [2.05, 4.69) is 19.2 Å². The maximum atomic E-state index is 12.2. The molecule has 0 radical (unpaired) electrons. The maximum Gasteiger partial charge on any atom is 0.327 e. The van der Waals surface area contributed by atoms with Gasteiger partial charge in [0.1, 0.15) is 17.5 Å². The van der Waals surface area contributed by atoms with Gasteiger partial charge < -0.3 is 19.5 Å². The van der Waals surface area contributed by atoms with E-state index in [-0.39, 0.29) is 5.97 Å². The van der Waals surface area contributed by atoms with Gasteiger partial charge in [-0.15, -0.1) is 0 Å². The summed E-state index contributed by atoms with van der Waals surface area (Å²) < 4.78 is 15.8. The van der Waals surface area contributed by atoms with Gasteiger partial charge >= 0.3 is 5.97 Å². The SMILES string of the molecule is CCOC(=O)C(NCC(C)C)c1cc(OC)ccc1OC. The normalized spacial score (nSPS) is 12.1. The van der Waals surface area contributed by atoms with Crippen LogP contribution >= 0.6 is 0 Å². The fraction of sp³-hybridized carbons (Fsp3) is 0.562. The number of benzene rings is 1. The number of carbonyl (C=O) groups excluding carboxylic acids is 1. The fourth-order valence-corrected chi connectivity index (χ4v) is 1.96. The molecule has 0 saturated carbocycles. The largest absolute Gasteiger partial charge is 0.497 e. The lowest BCUT2D eigenvalue weighted by atomic mass is 10.0. The second-order valence-corrected chi connectivity index (χ2v) is 5.10. The van der Waals surface area contributed by atoms with Crippen molar-refractivity contribution >= 4 is 5.97 Å². The molecular weight excluding hydrogens is 270 g/mol. The van der Waals surface area contributed by atoms with Crippen LogP contribution in [0.1, 0.15) is 32.4 Å². The molecule has 5 heteroatoms. The summed E-state index contributed by atoms with van der Waals surface area (Å²) in [5.41, 5.74) is 0.718. The van der Waals surface area contributed by atoms with Gasteiger partial charge in [0.2, 0.25) is 0 Å². The first kappa shape index (κ1) is 17.3. The Kier molecular flexibility index (Phi) is 7.02. The lowest BCUT2D eigenvalue weighted by Gasteiger charge is -2.21. The minimum Gasteiger partial charge on any atom is -0.497 e. The first-order valence-electron chi connectivity index (χ1n) is 7.15. The third-order valence-electron chi connectivity index (χ3n) is 3.00. The van der Waals surface area contributed by atoms with Crippen LogP contribution in [0.2, 0.25) is 0 Å². The molecule has 0 saturated heterocycles. The van der Waals surface area contributed by atoms with Gasteiger partial charge in [0, 0.05) is 5.56 Å². The Balaban J connectivity index is 3.13. The van der Waals surface area contributed by atoms with E-state index in [4.69, 9.17) is 14.2 Å². The fourth-order valence-electron chi connectivity index (χ4n) is 1.96. The quantitative estimate of drug-likeness (QED) is 0.747. The number of esters is 1. The van der Waals surface area contributed by atoms with E-state index in [9.17, 15) is 4.79 Å². The molecule has 1 rings (SSSR count). The first-order valence-corrected chi connectivity index (χ1v) is 7.15. The molecule has 0 aliphatic carbocycles. The highest BCUT2D eigenvalue weighted by Crippen LogP contribution is 2.30. The summed E-state index contributed by atoms with van der Waals surface area (Å²) in [5, 5.41) is 3.24. The zero-order chi connectivity index (χ0) is 15.8. The van der Waals surface area contributed by atoms with E-state index < -0.39 is 6.04 Å². The molecule has 0 bridgehead atoms. The van der Waals surface area contributed by atoms with Gasteiger partial charge in [-0.25, -0.2) is 4.79 Å². The van der Waals surface area contributed by atoms with Crippen LogP contribution in [0.15, 0.2) is 18.2 Å². The zero-order valence-electron chi connectivity index (χ0n) is 13.4. The van der Waals surface area contributed by atoms with E-state index in [1.165, 1.54) is 0 Å². The van der Waals surface area contributed by atoms with Crippen LogP contribution < -0.4 is 14.8 Å². The molecule has 5 nitrogen and oxygen atoms in total. The number of ether oxygens (including phenoxy) is 3. The number of nitrogens with one attached hydrogen (secondary N) is 1. The van der Waals surface area contributed by atoms with E-state index >= 15 is 0 Å². The summed E-state index contributed by atoms with van der Waals surface area (Å²) in [4.78, 5) is 12.2. The van der Waals surface area contributed by atoms with Crippen molar-refractivity contribution in [2.75, 3.05) is 27.4 Å². The predicted molar refractivity (Wildman–Crippen MR) is 81.8 cm³/mol. The Morgan fingerprint density at radius 1 is 1.24 bits per heavy atom. The molecule has 21 heavy (non-hydrogen) atoms. The molecule has 0 amide bonds. The summed E-state index contributed by atoms with van der Waals surface area (Å²) in [7, 11) is 3.17. The molecule has 0 fully saturated rings. The molecule has 1 atom stereocenters. The summed E-state index contributed by atoms with van der Waals surface area (Å²) >= 11 is 0. The van der Waals surface area contributed by atoms with Crippen molar-refractivity contribution in [2.24, 2.45) is 5.92 Å². The highest BCUT2D eigenvalue weighted by Gasteiger charge is 2.25. The summed E-state index contributed by atoms with van der Waals surface area (Å²) in [5.74, 6) is 1.40. The van der Waals surface area contributed by atoms with Crippen LogP contribution in [0.4, 0.5) is 0 Å². The molecule has 0 aliphatic heterocycles. The topological polar surface area (TPSA) is 56.8 Å². The Bertz CT molecular complexity index is 460. The van der Waals surface area contributed by atoms with Crippen LogP contribution in [0, 0.1) is 5.92 Å². The number of hydrogen-bond acceptors (Lipinski definition) is 5. The van der Waals surface area contributed by atoms with Gasteiger partial charge in [0.25, 0.3) is 0 Å². The zero-order valence-corrected chi connectivity index (χ0v) is 13.4. The third kappa shape index (κ3) is 4.93. The molecule has 1 aromatic carbocycles. The number of rotatable bonds is 8. The van der Waals surface area contributed by atoms with Crippen LogP contribution in [-0.4, -0.2) is 33.3 Å². The number of methoxy groups -OCH3 is 2. The Hall–Kier alpha value is -1.75. The van der Waals surface area contributed by atoms with Crippen molar-refractivity contribution in [1.82, 2.24) is 5.32 Å². The average molecular weight is 295 g/mol. The van der Waals surface area contributed by atoms with E-state index in [1.807, 2.05) is 0 Å². The third-order valence-corrected chi connectivity index (χ3v) is 3.00. The molecule has 0 heterocycles. The van der Waals surface area contributed by atoms with Crippen molar-refractivity contribution in [3.8, 4) is 11.5 Å². The van der Waals surface area contributed by atoms with Crippen LogP contribution in [0.3, 0.4) is 0 Å².